The van der Waals surface area contributed by atoms with Crippen molar-refractivity contribution in [2.75, 3.05) is 13.6 Å². The average Bonchev–Trinajstić information content (AvgIpc) is 2.92. The van der Waals surface area contributed by atoms with E-state index in [9.17, 15) is 13.2 Å². The Balaban J connectivity index is 1.86. The number of hydrogen-bond donors (Lipinski definition) is 1. The molecule has 0 saturated heterocycles. The van der Waals surface area contributed by atoms with Crippen molar-refractivity contribution < 1.29 is 17.6 Å². The van der Waals surface area contributed by atoms with Gasteiger partial charge in [-0.15, -0.1) is 0 Å². The van der Waals surface area contributed by atoms with Gasteiger partial charge < -0.3 is 9.32 Å². The van der Waals surface area contributed by atoms with Crippen molar-refractivity contribution in [2.24, 2.45) is 0 Å². The zero-order chi connectivity index (χ0) is 17.7. The quantitative estimate of drug-likeness (QED) is 0.812. The molecule has 0 radical (unpaired) electrons. The number of halogens is 1. The lowest BCUT2D eigenvalue weighted by atomic mass is 10.3. The third-order valence-electron chi connectivity index (χ3n) is 3.37. The van der Waals surface area contributed by atoms with Crippen LogP contribution in [-0.2, 0) is 21.4 Å². The molecule has 6 nitrogen and oxygen atoms in total. The summed E-state index contributed by atoms with van der Waals surface area (Å²) in [6.07, 6.45) is 0.0415. The smallest absolute Gasteiger partial charge is 0.242 e. The third kappa shape index (κ3) is 4.83. The average molecular weight is 371 g/mol. The summed E-state index contributed by atoms with van der Waals surface area (Å²) in [5.41, 5.74) is 0. The minimum atomic E-state index is -3.74. The maximum Gasteiger partial charge on any atom is 0.242 e. The number of furan rings is 1. The van der Waals surface area contributed by atoms with Gasteiger partial charge in [-0.25, -0.2) is 13.1 Å². The van der Waals surface area contributed by atoms with E-state index in [-0.39, 0.29) is 28.8 Å². The van der Waals surface area contributed by atoms with Gasteiger partial charge in [0.2, 0.25) is 15.9 Å². The Morgan fingerprint density at radius 1 is 1.25 bits per heavy atom. The summed E-state index contributed by atoms with van der Waals surface area (Å²) >= 11 is 5.89. The minimum absolute atomic E-state index is 0.00136. The number of carbonyl (C=O) groups excluding carboxylic acids is 1. The number of hydrogen-bond acceptors (Lipinski definition) is 4. The second-order valence-electron chi connectivity index (χ2n) is 5.34. The van der Waals surface area contributed by atoms with Gasteiger partial charge in [-0.05, 0) is 31.2 Å². The summed E-state index contributed by atoms with van der Waals surface area (Å²) in [5.74, 6) is 1.27. The van der Waals surface area contributed by atoms with Crippen LogP contribution in [0, 0.1) is 6.92 Å². The lowest BCUT2D eigenvalue weighted by Crippen LogP contribution is -2.32. The molecule has 1 aromatic heterocycles. The molecule has 0 bridgehead atoms. The first kappa shape index (κ1) is 18.5. The molecule has 0 aliphatic rings. The van der Waals surface area contributed by atoms with Crippen molar-refractivity contribution in [2.45, 2.75) is 24.8 Å². The predicted octanol–water partition coefficient (Wildman–Crippen LogP) is 2.57. The van der Waals surface area contributed by atoms with Crippen molar-refractivity contribution in [3.63, 3.8) is 0 Å². The van der Waals surface area contributed by atoms with Crippen molar-refractivity contribution in [3.05, 3.63) is 52.9 Å². The molecule has 2 rings (SSSR count). The Labute approximate surface area is 146 Å². The van der Waals surface area contributed by atoms with Gasteiger partial charge >= 0.3 is 0 Å². The van der Waals surface area contributed by atoms with Gasteiger partial charge in [0.05, 0.1) is 11.6 Å². The Morgan fingerprint density at radius 3 is 2.58 bits per heavy atom. The topological polar surface area (TPSA) is 79.6 Å². The van der Waals surface area contributed by atoms with Crippen LogP contribution in [0.5, 0.6) is 0 Å². The van der Waals surface area contributed by atoms with Gasteiger partial charge in [0.15, 0.2) is 0 Å². The number of nitrogens with one attached hydrogen (secondary N) is 1. The number of nitrogens with zero attached hydrogens (tertiary/aromatic N) is 1. The fourth-order valence-electron chi connectivity index (χ4n) is 2.12. The van der Waals surface area contributed by atoms with E-state index in [1.807, 2.05) is 13.0 Å². The molecule has 0 atom stereocenters. The second-order valence-corrected chi connectivity index (χ2v) is 7.48. The molecule has 0 unspecified atom stereocenters. The van der Waals surface area contributed by atoms with Crippen LogP contribution in [0.3, 0.4) is 0 Å². The van der Waals surface area contributed by atoms with E-state index in [0.717, 1.165) is 5.76 Å². The van der Waals surface area contributed by atoms with E-state index < -0.39 is 10.0 Å². The molecular formula is C16H19ClN2O4S. The number of benzene rings is 1. The Hall–Kier alpha value is -1.83. The maximum atomic E-state index is 12.2. The van der Waals surface area contributed by atoms with Crippen LogP contribution in [0.2, 0.25) is 5.02 Å². The Bertz CT molecular complexity index is 817. The molecule has 1 N–H and O–H groups in total. The first-order valence-electron chi connectivity index (χ1n) is 7.33. The van der Waals surface area contributed by atoms with E-state index in [1.54, 1.807) is 25.2 Å². The molecule has 0 fully saturated rings. The van der Waals surface area contributed by atoms with Gasteiger partial charge in [0.25, 0.3) is 0 Å². The SMILES string of the molecule is Cc1ccc(CN(C)C(=O)CCNS(=O)(=O)c2ccccc2Cl)o1. The molecule has 24 heavy (non-hydrogen) atoms. The lowest BCUT2D eigenvalue weighted by molar-refractivity contribution is -0.130. The maximum absolute atomic E-state index is 12.2. The summed E-state index contributed by atoms with van der Waals surface area (Å²) < 4.78 is 32.1. The van der Waals surface area contributed by atoms with E-state index in [4.69, 9.17) is 16.0 Å². The van der Waals surface area contributed by atoms with Crippen LogP contribution in [-0.4, -0.2) is 32.8 Å². The van der Waals surface area contributed by atoms with Crippen LogP contribution in [0.4, 0.5) is 0 Å². The van der Waals surface area contributed by atoms with Gasteiger partial charge in [0.1, 0.15) is 16.4 Å². The monoisotopic (exact) mass is 370 g/mol. The molecule has 0 spiro atoms. The largest absolute Gasteiger partial charge is 0.464 e. The molecule has 0 aliphatic carbocycles. The normalized spacial score (nSPS) is 11.5. The molecule has 130 valence electrons. The summed E-state index contributed by atoms with van der Waals surface area (Å²) in [6.45, 7) is 2.16. The minimum Gasteiger partial charge on any atom is -0.464 e. The van der Waals surface area contributed by atoms with Crippen molar-refractivity contribution in [1.82, 2.24) is 9.62 Å². The highest BCUT2D eigenvalue weighted by Gasteiger charge is 2.18. The molecular weight excluding hydrogens is 352 g/mol. The molecule has 0 saturated carbocycles. The van der Waals surface area contributed by atoms with Crippen LogP contribution >= 0.6 is 11.6 Å². The fourth-order valence-corrected chi connectivity index (χ4v) is 3.66. The van der Waals surface area contributed by atoms with Crippen molar-refractivity contribution in [1.29, 1.82) is 0 Å². The summed E-state index contributed by atoms with van der Waals surface area (Å²) in [7, 11) is -2.10. The molecule has 1 aromatic carbocycles. The summed E-state index contributed by atoms with van der Waals surface area (Å²) in [4.78, 5) is 13.6. The fraction of sp³-hybridized carbons (Fsp3) is 0.312. The van der Waals surface area contributed by atoms with E-state index in [0.29, 0.717) is 12.3 Å². The number of rotatable bonds is 7. The van der Waals surface area contributed by atoms with Gasteiger partial charge in [-0.2, -0.15) is 0 Å². The standard InChI is InChI=1S/C16H19ClN2O4S/c1-12-7-8-13(23-12)11-19(2)16(20)9-10-18-24(21,22)15-6-4-3-5-14(15)17/h3-8,18H,9-11H2,1-2H3. The van der Waals surface area contributed by atoms with Crippen molar-refractivity contribution >= 4 is 27.5 Å². The number of aryl methyl sites for hydroxylation is 1. The van der Waals surface area contributed by atoms with Crippen LogP contribution in [0.1, 0.15) is 17.9 Å². The highest BCUT2D eigenvalue weighted by Crippen LogP contribution is 2.20. The third-order valence-corrected chi connectivity index (χ3v) is 5.33. The van der Waals surface area contributed by atoms with Gasteiger partial charge in [0, 0.05) is 20.0 Å². The zero-order valence-corrected chi connectivity index (χ0v) is 15.0. The van der Waals surface area contributed by atoms with E-state index in [2.05, 4.69) is 4.72 Å². The summed E-state index contributed by atoms with van der Waals surface area (Å²) in [6, 6.07) is 9.78. The number of amides is 1. The van der Waals surface area contributed by atoms with E-state index in [1.165, 1.54) is 17.0 Å². The molecule has 1 heterocycles. The molecule has 0 aliphatic heterocycles. The lowest BCUT2D eigenvalue weighted by Gasteiger charge is -2.16. The number of sulfonamides is 1. The Morgan fingerprint density at radius 2 is 1.96 bits per heavy atom. The second kappa shape index (κ2) is 7.83. The summed E-state index contributed by atoms with van der Waals surface area (Å²) in [5, 5.41) is 0.140. The zero-order valence-electron chi connectivity index (χ0n) is 13.5. The Kier molecular flexibility index (Phi) is 6.04. The molecule has 2 aromatic rings. The van der Waals surface area contributed by atoms with E-state index >= 15 is 0 Å². The number of carbonyl (C=O) groups is 1. The van der Waals surface area contributed by atoms with Crippen LogP contribution in [0.15, 0.2) is 45.7 Å². The highest BCUT2D eigenvalue weighted by atomic mass is 35.5. The van der Waals surface area contributed by atoms with Gasteiger partial charge in [-0.1, -0.05) is 23.7 Å². The first-order chi connectivity index (χ1) is 11.3. The highest BCUT2D eigenvalue weighted by molar-refractivity contribution is 7.89. The van der Waals surface area contributed by atoms with Crippen LogP contribution in [0.25, 0.3) is 0 Å². The predicted molar refractivity (Wildman–Crippen MR) is 91.2 cm³/mol. The molecule has 8 heteroatoms. The first-order valence-corrected chi connectivity index (χ1v) is 9.19. The van der Waals surface area contributed by atoms with Crippen molar-refractivity contribution in [3.8, 4) is 0 Å². The molecule has 1 amide bonds. The van der Waals surface area contributed by atoms with Crippen LogP contribution < -0.4 is 4.72 Å². The van der Waals surface area contributed by atoms with Gasteiger partial charge in [-0.3, -0.25) is 4.79 Å².